The summed E-state index contributed by atoms with van der Waals surface area (Å²) < 4.78 is 15.9. The van der Waals surface area contributed by atoms with E-state index in [9.17, 15) is 9.90 Å². The number of rotatable bonds is 4. The molecule has 0 unspecified atom stereocenters. The van der Waals surface area contributed by atoms with Crippen LogP contribution in [0.25, 0.3) is 5.57 Å². The summed E-state index contributed by atoms with van der Waals surface area (Å²) in [5.41, 5.74) is 3.43. The van der Waals surface area contributed by atoms with Crippen molar-refractivity contribution in [2.45, 2.75) is 19.3 Å². The number of cyclic esters (lactones) is 1. The van der Waals surface area contributed by atoms with Crippen molar-refractivity contribution in [3.63, 3.8) is 0 Å². The van der Waals surface area contributed by atoms with Crippen molar-refractivity contribution in [1.29, 1.82) is 0 Å². The molecule has 5 nitrogen and oxygen atoms in total. The van der Waals surface area contributed by atoms with E-state index in [1.165, 1.54) is 0 Å². The summed E-state index contributed by atoms with van der Waals surface area (Å²) in [6.07, 6.45) is 4.06. The van der Waals surface area contributed by atoms with Crippen LogP contribution in [-0.4, -0.2) is 24.5 Å². The third-order valence-electron chi connectivity index (χ3n) is 4.42. The van der Waals surface area contributed by atoms with Crippen LogP contribution in [-0.2, 0) is 22.4 Å². The van der Waals surface area contributed by atoms with Gasteiger partial charge in [0.1, 0.15) is 5.75 Å². The normalized spacial score (nSPS) is 15.7. The molecule has 0 spiro atoms. The lowest BCUT2D eigenvalue weighted by atomic mass is 9.93. The number of benzene rings is 2. The average molecular weight is 338 g/mol. The minimum Gasteiger partial charge on any atom is -0.508 e. The van der Waals surface area contributed by atoms with Gasteiger partial charge in [-0.25, -0.2) is 4.79 Å². The fourth-order valence-corrected chi connectivity index (χ4v) is 3.16. The lowest BCUT2D eigenvalue weighted by molar-refractivity contribution is -0.137. The van der Waals surface area contributed by atoms with Crippen LogP contribution in [0.4, 0.5) is 0 Å². The number of fused-ring (bicyclic) bond motifs is 1. The van der Waals surface area contributed by atoms with Crippen LogP contribution >= 0.6 is 0 Å². The molecule has 0 atom stereocenters. The van der Waals surface area contributed by atoms with Crippen LogP contribution in [0, 0.1) is 0 Å². The first-order chi connectivity index (χ1) is 12.2. The van der Waals surface area contributed by atoms with Gasteiger partial charge in [0.25, 0.3) is 0 Å². The maximum Gasteiger partial charge on any atom is 0.338 e. The summed E-state index contributed by atoms with van der Waals surface area (Å²) in [6, 6.07) is 11.0. The van der Waals surface area contributed by atoms with Gasteiger partial charge in [0.15, 0.2) is 11.5 Å². The Morgan fingerprint density at radius 3 is 2.72 bits per heavy atom. The van der Waals surface area contributed by atoms with Crippen molar-refractivity contribution in [3.05, 3.63) is 59.2 Å². The van der Waals surface area contributed by atoms with Gasteiger partial charge in [-0.1, -0.05) is 18.2 Å². The predicted molar refractivity (Wildman–Crippen MR) is 91.6 cm³/mol. The van der Waals surface area contributed by atoms with Gasteiger partial charge in [-0.3, -0.25) is 0 Å². The summed E-state index contributed by atoms with van der Waals surface area (Å²) in [5, 5.41) is 9.85. The maximum absolute atomic E-state index is 12.1. The average Bonchev–Trinajstić information content (AvgIpc) is 3.09. The van der Waals surface area contributed by atoms with E-state index < -0.39 is 0 Å². The molecule has 0 fully saturated rings. The molecule has 2 aliphatic heterocycles. The monoisotopic (exact) mass is 338 g/mol. The highest BCUT2D eigenvalue weighted by Gasteiger charge is 2.20. The van der Waals surface area contributed by atoms with Crippen molar-refractivity contribution >= 4 is 11.5 Å². The molecule has 2 heterocycles. The summed E-state index contributed by atoms with van der Waals surface area (Å²) in [4.78, 5) is 12.1. The molecule has 0 bridgehead atoms. The molecule has 0 radical (unpaired) electrons. The highest BCUT2D eigenvalue weighted by atomic mass is 16.7. The van der Waals surface area contributed by atoms with Gasteiger partial charge in [-0.05, 0) is 53.8 Å². The van der Waals surface area contributed by atoms with Crippen molar-refractivity contribution in [1.82, 2.24) is 0 Å². The molecule has 0 amide bonds. The van der Waals surface area contributed by atoms with E-state index in [4.69, 9.17) is 14.2 Å². The van der Waals surface area contributed by atoms with E-state index in [0.29, 0.717) is 25.0 Å². The van der Waals surface area contributed by atoms with E-state index in [1.54, 1.807) is 18.2 Å². The summed E-state index contributed by atoms with van der Waals surface area (Å²) in [6.45, 7) is 0.679. The lowest BCUT2D eigenvalue weighted by Crippen LogP contribution is -2.14. The van der Waals surface area contributed by atoms with Gasteiger partial charge in [-0.15, -0.1) is 0 Å². The maximum atomic E-state index is 12.1. The summed E-state index contributed by atoms with van der Waals surface area (Å²) in [5.74, 6) is 1.40. The Labute approximate surface area is 145 Å². The number of phenols is 1. The van der Waals surface area contributed by atoms with Gasteiger partial charge < -0.3 is 19.3 Å². The van der Waals surface area contributed by atoms with Crippen molar-refractivity contribution < 1.29 is 24.1 Å². The molecule has 2 aliphatic rings. The summed E-state index contributed by atoms with van der Waals surface area (Å²) >= 11 is 0. The van der Waals surface area contributed by atoms with Crippen LogP contribution in [0.5, 0.6) is 17.2 Å². The fraction of sp³-hybridized carbons (Fsp3) is 0.250. The number of ether oxygens (including phenoxy) is 3. The number of aryl methyl sites for hydroxylation is 2. The molecule has 0 aromatic heterocycles. The molecule has 25 heavy (non-hydrogen) atoms. The fourth-order valence-electron chi connectivity index (χ4n) is 3.16. The Morgan fingerprint density at radius 2 is 1.84 bits per heavy atom. The Balaban J connectivity index is 1.58. The van der Waals surface area contributed by atoms with Crippen molar-refractivity contribution in [3.8, 4) is 17.2 Å². The van der Waals surface area contributed by atoms with Crippen LogP contribution in [0.15, 0.2) is 42.5 Å². The minimum atomic E-state index is -0.304. The molecule has 128 valence electrons. The number of esters is 1. The topological polar surface area (TPSA) is 65.0 Å². The number of phenolic OH excluding ortho intramolecular Hbond substituents is 1. The molecular formula is C20H18O5. The third kappa shape index (κ3) is 3.18. The second-order valence-corrected chi connectivity index (χ2v) is 6.07. The molecule has 2 aromatic carbocycles. The van der Waals surface area contributed by atoms with E-state index in [2.05, 4.69) is 0 Å². The third-order valence-corrected chi connectivity index (χ3v) is 4.42. The largest absolute Gasteiger partial charge is 0.508 e. The number of carbonyl (C=O) groups excluding carboxylic acids is 1. The van der Waals surface area contributed by atoms with E-state index in [1.807, 2.05) is 24.3 Å². The minimum absolute atomic E-state index is 0.189. The molecule has 0 saturated heterocycles. The molecule has 0 aliphatic carbocycles. The van der Waals surface area contributed by atoms with Crippen molar-refractivity contribution in [2.24, 2.45) is 0 Å². The van der Waals surface area contributed by atoms with Crippen LogP contribution in [0.3, 0.4) is 0 Å². The second kappa shape index (κ2) is 6.51. The molecule has 4 rings (SSSR count). The Morgan fingerprint density at radius 1 is 0.960 bits per heavy atom. The Bertz CT molecular complexity index is 853. The zero-order valence-corrected chi connectivity index (χ0v) is 13.7. The van der Waals surface area contributed by atoms with Gasteiger partial charge in [0, 0.05) is 6.42 Å². The molecule has 2 aromatic rings. The molecule has 5 heteroatoms. The first-order valence-electron chi connectivity index (χ1n) is 8.29. The van der Waals surface area contributed by atoms with Gasteiger partial charge in [0.2, 0.25) is 6.79 Å². The standard InChI is InChI=1S/C20H18O5/c21-15-6-7-16(17-2-1-9-23-20(17)22)14(11-15)5-3-13-4-8-18-19(10-13)25-12-24-18/h2,4,6-8,10-11,21H,1,3,5,9,12H2. The highest BCUT2D eigenvalue weighted by molar-refractivity contribution is 6.17. The number of hydrogen-bond acceptors (Lipinski definition) is 5. The van der Waals surface area contributed by atoms with Gasteiger partial charge in [0.05, 0.1) is 12.2 Å². The van der Waals surface area contributed by atoms with Crippen LogP contribution < -0.4 is 9.47 Å². The van der Waals surface area contributed by atoms with Gasteiger partial charge in [-0.2, -0.15) is 0 Å². The second-order valence-electron chi connectivity index (χ2n) is 6.07. The molecular weight excluding hydrogens is 320 g/mol. The van der Waals surface area contributed by atoms with E-state index in [-0.39, 0.29) is 18.5 Å². The van der Waals surface area contributed by atoms with E-state index >= 15 is 0 Å². The quantitative estimate of drug-likeness (QED) is 0.867. The number of carbonyl (C=O) groups is 1. The Hall–Kier alpha value is -2.95. The number of aromatic hydroxyl groups is 1. The first-order valence-corrected chi connectivity index (χ1v) is 8.29. The summed E-state index contributed by atoms with van der Waals surface area (Å²) in [7, 11) is 0. The molecule has 1 N–H and O–H groups in total. The number of hydrogen-bond donors (Lipinski definition) is 1. The van der Waals surface area contributed by atoms with E-state index in [0.717, 1.165) is 34.6 Å². The lowest BCUT2D eigenvalue weighted by Gasteiger charge is -2.16. The zero-order chi connectivity index (χ0) is 17.2. The van der Waals surface area contributed by atoms with Crippen molar-refractivity contribution in [2.75, 3.05) is 13.4 Å². The Kier molecular flexibility index (Phi) is 4.06. The van der Waals surface area contributed by atoms with Crippen LogP contribution in [0.1, 0.15) is 23.1 Å². The zero-order valence-electron chi connectivity index (χ0n) is 13.7. The first kappa shape index (κ1) is 15.6. The predicted octanol–water partition coefficient (Wildman–Crippen LogP) is 3.24. The highest BCUT2D eigenvalue weighted by Crippen LogP contribution is 2.33. The molecule has 0 saturated carbocycles. The van der Waals surface area contributed by atoms with Gasteiger partial charge >= 0.3 is 5.97 Å². The smallest absolute Gasteiger partial charge is 0.338 e. The SMILES string of the molecule is O=C1OCCC=C1c1ccc(O)cc1CCc1ccc2c(c1)OCO2. The van der Waals surface area contributed by atoms with Crippen LogP contribution in [0.2, 0.25) is 0 Å².